The van der Waals surface area contributed by atoms with Gasteiger partial charge in [-0.05, 0) is 30.2 Å². The van der Waals surface area contributed by atoms with Gasteiger partial charge in [-0.1, -0.05) is 48.5 Å². The van der Waals surface area contributed by atoms with Crippen molar-refractivity contribution in [2.45, 2.75) is 5.92 Å². The molecule has 1 aliphatic heterocycles. The van der Waals surface area contributed by atoms with E-state index in [1.807, 2.05) is 30.3 Å². The minimum absolute atomic E-state index is 0. The van der Waals surface area contributed by atoms with Crippen LogP contribution in [0.15, 0.2) is 60.7 Å². The number of nitrogens with zero attached hydrogens (tertiary/aromatic N) is 1. The fraction of sp³-hybridized carbons (Fsp3) is 0.429. The molecule has 2 aromatic rings. The summed E-state index contributed by atoms with van der Waals surface area (Å²) in [7, 11) is 0. The lowest BCUT2D eigenvalue weighted by Gasteiger charge is -2.17. The first kappa shape index (κ1) is 20.7. The molecule has 2 atom stereocenters. The van der Waals surface area contributed by atoms with Crippen LogP contribution >= 0.6 is 12.4 Å². The van der Waals surface area contributed by atoms with E-state index in [1.54, 1.807) is 0 Å². The summed E-state index contributed by atoms with van der Waals surface area (Å²) >= 11 is 0. The smallest absolute Gasteiger partial charge is 0.119 e. The zero-order chi connectivity index (χ0) is 17.3. The van der Waals surface area contributed by atoms with Gasteiger partial charge in [0.1, 0.15) is 12.4 Å². The van der Waals surface area contributed by atoms with Crippen LogP contribution in [0.5, 0.6) is 5.75 Å². The van der Waals surface area contributed by atoms with Gasteiger partial charge in [-0.3, -0.25) is 0 Å². The van der Waals surface area contributed by atoms with Crippen LogP contribution in [0.4, 0.5) is 0 Å². The van der Waals surface area contributed by atoms with Gasteiger partial charge < -0.3 is 20.1 Å². The number of likely N-dealkylation sites (tertiary alicyclic amines) is 1. The van der Waals surface area contributed by atoms with E-state index in [9.17, 15) is 0 Å². The molecule has 26 heavy (non-hydrogen) atoms. The summed E-state index contributed by atoms with van der Waals surface area (Å²) in [6.07, 6.45) is 0. The van der Waals surface area contributed by atoms with Gasteiger partial charge in [0.05, 0.1) is 13.2 Å². The van der Waals surface area contributed by atoms with E-state index in [4.69, 9.17) is 15.2 Å². The molecule has 0 aliphatic carbocycles. The maximum atomic E-state index is 6.00. The molecule has 3 rings (SSSR count). The highest BCUT2D eigenvalue weighted by Gasteiger charge is 2.32. The van der Waals surface area contributed by atoms with E-state index >= 15 is 0 Å². The van der Waals surface area contributed by atoms with Crippen molar-refractivity contribution in [3.8, 4) is 5.75 Å². The molecule has 0 radical (unpaired) electrons. The fourth-order valence-corrected chi connectivity index (χ4v) is 3.49. The maximum absolute atomic E-state index is 6.00. The summed E-state index contributed by atoms with van der Waals surface area (Å²) in [4.78, 5) is 2.47. The summed E-state index contributed by atoms with van der Waals surface area (Å²) in [6.45, 7) is 5.74. The molecule has 0 aromatic heterocycles. The van der Waals surface area contributed by atoms with Gasteiger partial charge in [0.25, 0.3) is 0 Å². The molecule has 4 nitrogen and oxygen atoms in total. The van der Waals surface area contributed by atoms with Gasteiger partial charge in [-0.25, -0.2) is 0 Å². The lowest BCUT2D eigenvalue weighted by Crippen LogP contribution is -2.27. The van der Waals surface area contributed by atoms with Crippen LogP contribution in [0, 0.1) is 5.92 Å². The Bertz CT molecular complexity index is 612. The summed E-state index contributed by atoms with van der Waals surface area (Å²) in [5.41, 5.74) is 7.40. The first-order valence-electron chi connectivity index (χ1n) is 9.10. The number of nitrogens with two attached hydrogens (primary N) is 1. The van der Waals surface area contributed by atoms with Crippen LogP contribution < -0.4 is 10.5 Å². The van der Waals surface area contributed by atoms with Crippen LogP contribution in [0.2, 0.25) is 0 Å². The number of hydrogen-bond donors (Lipinski definition) is 1. The number of rotatable bonds is 9. The highest BCUT2D eigenvalue weighted by Crippen LogP contribution is 2.31. The van der Waals surface area contributed by atoms with Gasteiger partial charge >= 0.3 is 0 Å². The lowest BCUT2D eigenvalue weighted by molar-refractivity contribution is 0.0838. The van der Waals surface area contributed by atoms with Crippen molar-refractivity contribution in [3.63, 3.8) is 0 Å². The second-order valence-corrected chi connectivity index (χ2v) is 6.55. The van der Waals surface area contributed by atoms with Gasteiger partial charge in [0, 0.05) is 25.6 Å². The molecule has 0 saturated carbocycles. The van der Waals surface area contributed by atoms with Crippen molar-refractivity contribution >= 4 is 12.4 Å². The van der Waals surface area contributed by atoms with E-state index in [1.165, 1.54) is 5.56 Å². The third-order valence-corrected chi connectivity index (χ3v) is 4.84. The summed E-state index contributed by atoms with van der Waals surface area (Å²) in [5, 5.41) is 0. The second kappa shape index (κ2) is 11.2. The van der Waals surface area contributed by atoms with Gasteiger partial charge in [-0.2, -0.15) is 0 Å². The summed E-state index contributed by atoms with van der Waals surface area (Å²) < 4.78 is 11.4. The second-order valence-electron chi connectivity index (χ2n) is 6.55. The summed E-state index contributed by atoms with van der Waals surface area (Å²) in [6, 6.07) is 20.6. The van der Waals surface area contributed by atoms with E-state index in [0.717, 1.165) is 38.5 Å². The zero-order valence-electron chi connectivity index (χ0n) is 15.1. The fourth-order valence-electron chi connectivity index (χ4n) is 3.49. The molecule has 0 spiro atoms. The third-order valence-electron chi connectivity index (χ3n) is 4.84. The van der Waals surface area contributed by atoms with Crippen molar-refractivity contribution in [3.05, 3.63) is 66.2 Å². The molecule has 142 valence electrons. The van der Waals surface area contributed by atoms with Crippen LogP contribution in [0.3, 0.4) is 0 Å². The minimum Gasteiger partial charge on any atom is -0.491 e. The number of benzene rings is 2. The van der Waals surface area contributed by atoms with Crippen molar-refractivity contribution < 1.29 is 9.47 Å². The lowest BCUT2D eigenvalue weighted by atomic mass is 9.89. The monoisotopic (exact) mass is 376 g/mol. The van der Waals surface area contributed by atoms with E-state index in [0.29, 0.717) is 25.0 Å². The topological polar surface area (TPSA) is 47.7 Å². The Hall–Kier alpha value is -1.59. The highest BCUT2D eigenvalue weighted by atomic mass is 35.5. The Morgan fingerprint density at radius 3 is 2.27 bits per heavy atom. The Morgan fingerprint density at radius 2 is 1.58 bits per heavy atom. The third kappa shape index (κ3) is 5.99. The van der Waals surface area contributed by atoms with Gasteiger partial charge in [-0.15, -0.1) is 12.4 Å². The zero-order valence-corrected chi connectivity index (χ0v) is 15.9. The molecule has 1 fully saturated rings. The van der Waals surface area contributed by atoms with Crippen molar-refractivity contribution in [1.82, 2.24) is 4.90 Å². The van der Waals surface area contributed by atoms with E-state index in [-0.39, 0.29) is 12.4 Å². The van der Waals surface area contributed by atoms with Crippen LogP contribution in [0.1, 0.15) is 11.5 Å². The Morgan fingerprint density at radius 1 is 0.885 bits per heavy atom. The molecule has 0 bridgehead atoms. The molecule has 2 N–H and O–H groups in total. The Balaban J connectivity index is 0.00000243. The molecule has 5 heteroatoms. The molecule has 1 aliphatic rings. The van der Waals surface area contributed by atoms with Crippen molar-refractivity contribution in [2.75, 3.05) is 46.0 Å². The van der Waals surface area contributed by atoms with Crippen LogP contribution in [0.25, 0.3) is 0 Å². The first-order valence-corrected chi connectivity index (χ1v) is 9.10. The van der Waals surface area contributed by atoms with Gasteiger partial charge in [0.2, 0.25) is 0 Å². The maximum Gasteiger partial charge on any atom is 0.119 e. The van der Waals surface area contributed by atoms with Crippen molar-refractivity contribution in [1.29, 1.82) is 0 Å². The summed E-state index contributed by atoms with van der Waals surface area (Å²) in [5.74, 6) is 1.96. The molecule has 2 aromatic carbocycles. The minimum atomic E-state index is 0. The number of halogens is 1. The number of ether oxygens (including phenoxy) is 2. The van der Waals surface area contributed by atoms with E-state index in [2.05, 4.69) is 35.2 Å². The predicted octanol–water partition coefficient (Wildman–Crippen LogP) is 3.18. The highest BCUT2D eigenvalue weighted by molar-refractivity contribution is 5.85. The molecular formula is C21H29ClN2O2. The average Bonchev–Trinajstić information content (AvgIpc) is 3.09. The molecule has 0 amide bonds. The SMILES string of the molecule is Cl.NC[C@@H]1CN(CCOCCOc2ccccc2)C[C@H]1c1ccccc1. The standard InChI is InChI=1S/C21H28N2O2.ClH/c22-15-19-16-23(17-21(19)18-7-3-1-4-8-18)11-12-24-13-14-25-20-9-5-2-6-10-20;/h1-10,19,21H,11-17,22H2;1H/t19-,21+;/m1./s1. The molecule has 0 unspecified atom stereocenters. The number of para-hydroxylation sites is 1. The number of hydrogen-bond acceptors (Lipinski definition) is 4. The molecule has 1 heterocycles. The van der Waals surface area contributed by atoms with Crippen molar-refractivity contribution in [2.24, 2.45) is 11.7 Å². The average molecular weight is 377 g/mol. The van der Waals surface area contributed by atoms with Crippen LogP contribution in [-0.4, -0.2) is 50.9 Å². The normalized spacial score (nSPS) is 19.9. The quantitative estimate of drug-likeness (QED) is 0.683. The molecular weight excluding hydrogens is 348 g/mol. The first-order chi connectivity index (χ1) is 12.4. The molecule has 1 saturated heterocycles. The van der Waals surface area contributed by atoms with E-state index < -0.39 is 0 Å². The largest absolute Gasteiger partial charge is 0.491 e. The van der Waals surface area contributed by atoms with Crippen LogP contribution in [-0.2, 0) is 4.74 Å². The Kier molecular flexibility index (Phi) is 8.92. The van der Waals surface area contributed by atoms with Gasteiger partial charge in [0.15, 0.2) is 0 Å². The Labute approximate surface area is 162 Å². The predicted molar refractivity (Wildman–Crippen MR) is 108 cm³/mol.